The van der Waals surface area contributed by atoms with E-state index < -0.39 is 17.1 Å². The van der Waals surface area contributed by atoms with Crippen molar-refractivity contribution in [2.45, 2.75) is 38.6 Å². The van der Waals surface area contributed by atoms with E-state index in [1.807, 2.05) is 4.90 Å². The van der Waals surface area contributed by atoms with Crippen molar-refractivity contribution in [2.75, 3.05) is 30.4 Å². The fourth-order valence-corrected chi connectivity index (χ4v) is 4.18. The van der Waals surface area contributed by atoms with Crippen molar-refractivity contribution in [3.8, 4) is 0 Å². The van der Waals surface area contributed by atoms with Crippen molar-refractivity contribution in [1.29, 1.82) is 0 Å². The van der Waals surface area contributed by atoms with E-state index in [1.165, 1.54) is 6.07 Å². The summed E-state index contributed by atoms with van der Waals surface area (Å²) in [4.78, 5) is 27.0. The normalized spacial score (nSPS) is 20.7. The number of benzene rings is 1. The van der Waals surface area contributed by atoms with Crippen LogP contribution >= 0.6 is 0 Å². The molecule has 1 saturated heterocycles. The van der Waals surface area contributed by atoms with E-state index in [2.05, 4.69) is 0 Å². The Labute approximate surface area is 150 Å². The van der Waals surface area contributed by atoms with Crippen LogP contribution in [0.5, 0.6) is 0 Å². The molecule has 1 aliphatic carbocycles. The highest BCUT2D eigenvalue weighted by molar-refractivity contribution is 5.87. The second-order valence-electron chi connectivity index (χ2n) is 7.48. The van der Waals surface area contributed by atoms with E-state index in [1.54, 1.807) is 11.5 Å². The molecule has 0 bridgehead atoms. The van der Waals surface area contributed by atoms with E-state index in [-0.39, 0.29) is 11.4 Å². The van der Waals surface area contributed by atoms with Crippen molar-refractivity contribution < 1.29 is 4.39 Å². The lowest BCUT2D eigenvalue weighted by atomic mass is 9.96. The molecule has 1 aromatic carbocycles. The van der Waals surface area contributed by atoms with Gasteiger partial charge in [-0.2, -0.15) is 4.68 Å². The van der Waals surface area contributed by atoms with Crippen LogP contribution in [0, 0.1) is 18.7 Å². The molecule has 1 aliphatic heterocycles. The van der Waals surface area contributed by atoms with Crippen LogP contribution < -0.4 is 27.7 Å². The van der Waals surface area contributed by atoms with Crippen LogP contribution in [0.2, 0.25) is 0 Å². The Kier molecular flexibility index (Phi) is 4.02. The van der Waals surface area contributed by atoms with Gasteiger partial charge >= 0.3 is 5.69 Å². The van der Waals surface area contributed by atoms with Crippen LogP contribution in [0.15, 0.2) is 15.7 Å². The Hall–Kier alpha value is -2.35. The molecule has 0 amide bonds. The number of nitrogen functional groups attached to an aromatic ring is 1. The third kappa shape index (κ3) is 2.51. The van der Waals surface area contributed by atoms with Crippen molar-refractivity contribution in [3.05, 3.63) is 38.3 Å². The molecule has 8 heteroatoms. The highest BCUT2D eigenvalue weighted by atomic mass is 19.1. The van der Waals surface area contributed by atoms with Crippen LogP contribution in [0.1, 0.15) is 37.3 Å². The van der Waals surface area contributed by atoms with Crippen molar-refractivity contribution in [3.63, 3.8) is 0 Å². The van der Waals surface area contributed by atoms with E-state index in [0.717, 1.165) is 32.2 Å². The molecule has 0 radical (unpaired) electrons. The van der Waals surface area contributed by atoms with Crippen LogP contribution in [-0.4, -0.2) is 28.9 Å². The smallest absolute Gasteiger partial charge is 0.350 e. The summed E-state index contributed by atoms with van der Waals surface area (Å²) < 4.78 is 17.2. The predicted molar refractivity (Wildman–Crippen MR) is 99.6 cm³/mol. The van der Waals surface area contributed by atoms with Gasteiger partial charge in [0.1, 0.15) is 5.82 Å². The van der Waals surface area contributed by atoms with Crippen LogP contribution in [0.25, 0.3) is 10.9 Å². The maximum Gasteiger partial charge on any atom is 0.350 e. The van der Waals surface area contributed by atoms with E-state index in [0.29, 0.717) is 40.5 Å². The molecular formula is C18H24FN5O2. The zero-order valence-electron chi connectivity index (χ0n) is 14.9. The van der Waals surface area contributed by atoms with Gasteiger partial charge < -0.3 is 16.5 Å². The molecule has 1 unspecified atom stereocenters. The molecule has 2 heterocycles. The molecule has 2 aliphatic rings. The molecule has 1 aromatic heterocycles. The van der Waals surface area contributed by atoms with Gasteiger partial charge in [-0.1, -0.05) is 0 Å². The third-order valence-electron chi connectivity index (χ3n) is 5.65. The molecule has 1 saturated carbocycles. The topological polar surface area (TPSA) is 99.3 Å². The summed E-state index contributed by atoms with van der Waals surface area (Å²) in [5.74, 6) is 5.52. The highest BCUT2D eigenvalue weighted by Crippen LogP contribution is 2.39. The first-order chi connectivity index (χ1) is 12.4. The summed E-state index contributed by atoms with van der Waals surface area (Å²) in [7, 11) is 0. The first-order valence-corrected chi connectivity index (χ1v) is 9.14. The Morgan fingerprint density at radius 1 is 1.27 bits per heavy atom. The number of hydrogen-bond acceptors (Lipinski definition) is 5. The average Bonchev–Trinajstić information content (AvgIpc) is 3.46. The van der Waals surface area contributed by atoms with Gasteiger partial charge in [0.15, 0.2) is 0 Å². The SMILES string of the molecule is Cc1c(N2CCCC(CN)C2)c(F)cc2c(=O)n(N)c(=O)n(C3CC3)c12. The van der Waals surface area contributed by atoms with Gasteiger partial charge in [-0.05, 0) is 51.1 Å². The molecule has 2 fully saturated rings. The number of aryl methyl sites for hydroxylation is 1. The third-order valence-corrected chi connectivity index (χ3v) is 5.65. The standard InChI is InChI=1S/C18H24FN5O2/c1-10-15-13(17(25)24(21)18(26)23(15)12-4-5-12)7-14(19)16(10)22-6-2-3-11(8-20)9-22/h7,11-12H,2-6,8-9,20-21H2,1H3. The highest BCUT2D eigenvalue weighted by Gasteiger charge is 2.31. The minimum atomic E-state index is -0.658. The number of aromatic nitrogens is 2. The monoisotopic (exact) mass is 361 g/mol. The second kappa shape index (κ2) is 6.12. The number of nitrogens with zero attached hydrogens (tertiary/aromatic N) is 3. The van der Waals surface area contributed by atoms with E-state index in [9.17, 15) is 9.59 Å². The maximum atomic E-state index is 15.0. The molecule has 4 rings (SSSR count). The number of anilines is 1. The molecule has 140 valence electrons. The molecule has 0 spiro atoms. The van der Waals surface area contributed by atoms with Crippen molar-refractivity contribution in [1.82, 2.24) is 9.24 Å². The number of rotatable bonds is 3. The van der Waals surface area contributed by atoms with Gasteiger partial charge in [-0.25, -0.2) is 9.18 Å². The van der Waals surface area contributed by atoms with Gasteiger partial charge in [-0.3, -0.25) is 9.36 Å². The molecule has 1 atom stereocenters. The summed E-state index contributed by atoms with van der Waals surface area (Å²) in [5.41, 5.74) is 6.22. The molecule has 4 N–H and O–H groups in total. The van der Waals surface area contributed by atoms with Gasteiger partial charge in [-0.15, -0.1) is 0 Å². The molecular weight excluding hydrogens is 337 g/mol. The van der Waals surface area contributed by atoms with Crippen LogP contribution in [0.3, 0.4) is 0 Å². The lowest BCUT2D eigenvalue weighted by Crippen LogP contribution is -2.45. The van der Waals surface area contributed by atoms with Crippen LogP contribution in [-0.2, 0) is 0 Å². The van der Waals surface area contributed by atoms with Gasteiger partial charge in [0.2, 0.25) is 0 Å². The fraction of sp³-hybridized carbons (Fsp3) is 0.556. The first kappa shape index (κ1) is 17.1. The Balaban J connectivity index is 1.99. The largest absolute Gasteiger partial charge is 0.369 e. The summed E-state index contributed by atoms with van der Waals surface area (Å²) in [6, 6.07) is 1.25. The molecule has 7 nitrogen and oxygen atoms in total. The Morgan fingerprint density at radius 3 is 2.65 bits per heavy atom. The average molecular weight is 361 g/mol. The lowest BCUT2D eigenvalue weighted by Gasteiger charge is -2.35. The van der Waals surface area contributed by atoms with Crippen LogP contribution in [0.4, 0.5) is 10.1 Å². The summed E-state index contributed by atoms with van der Waals surface area (Å²) >= 11 is 0. The predicted octanol–water partition coefficient (Wildman–Crippen LogP) is 0.835. The number of halogens is 1. The Bertz CT molecular complexity index is 992. The minimum absolute atomic E-state index is 0.0237. The van der Waals surface area contributed by atoms with Crippen molar-refractivity contribution >= 4 is 16.6 Å². The molecule has 2 aromatic rings. The van der Waals surface area contributed by atoms with E-state index in [4.69, 9.17) is 11.6 Å². The quantitative estimate of drug-likeness (QED) is 0.789. The number of nitrogens with two attached hydrogens (primary N) is 2. The zero-order chi connectivity index (χ0) is 18.6. The first-order valence-electron chi connectivity index (χ1n) is 9.14. The number of piperidine rings is 1. The zero-order valence-corrected chi connectivity index (χ0v) is 14.9. The van der Waals surface area contributed by atoms with Crippen molar-refractivity contribution in [2.24, 2.45) is 11.7 Å². The summed E-state index contributed by atoms with van der Waals surface area (Å²) in [6.07, 6.45) is 3.70. The number of fused-ring (bicyclic) bond motifs is 1. The lowest BCUT2D eigenvalue weighted by molar-refractivity contribution is 0.419. The second-order valence-corrected chi connectivity index (χ2v) is 7.48. The maximum absolute atomic E-state index is 15.0. The minimum Gasteiger partial charge on any atom is -0.369 e. The van der Waals surface area contributed by atoms with E-state index >= 15 is 4.39 Å². The van der Waals surface area contributed by atoms with Gasteiger partial charge in [0.25, 0.3) is 5.56 Å². The molecule has 26 heavy (non-hydrogen) atoms. The summed E-state index contributed by atoms with van der Waals surface area (Å²) in [6.45, 7) is 3.77. The summed E-state index contributed by atoms with van der Waals surface area (Å²) in [5, 5.41) is 0.158. The number of hydrogen-bond donors (Lipinski definition) is 2. The van der Waals surface area contributed by atoms with Gasteiger partial charge in [0, 0.05) is 24.7 Å². The fourth-order valence-electron chi connectivity index (χ4n) is 4.18. The Morgan fingerprint density at radius 2 is 2.00 bits per heavy atom. The van der Waals surface area contributed by atoms with Gasteiger partial charge in [0.05, 0.1) is 16.6 Å².